The number of carbonyl (C=O) groups is 3. The molecule has 0 aliphatic carbocycles. The number of hydrogen-bond acceptors (Lipinski definition) is 6. The number of benzene rings is 1. The Bertz CT molecular complexity index is 1120. The van der Waals surface area contributed by atoms with Crippen LogP contribution in [0.25, 0.3) is 11.0 Å². The maximum Gasteiger partial charge on any atom is 0.322 e. The fourth-order valence-electron chi connectivity index (χ4n) is 3.29. The molecule has 4 amide bonds. The van der Waals surface area contributed by atoms with Crippen molar-refractivity contribution < 1.29 is 14.4 Å². The molecule has 0 unspecified atom stereocenters. The second-order valence-electron chi connectivity index (χ2n) is 6.85. The first kappa shape index (κ1) is 18.6. The summed E-state index contributed by atoms with van der Waals surface area (Å²) in [5, 5.41) is 15.3. The molecule has 0 radical (unpaired) electrons. The van der Waals surface area contributed by atoms with E-state index in [-0.39, 0.29) is 18.9 Å². The normalized spacial score (nSPS) is 16.1. The summed E-state index contributed by atoms with van der Waals surface area (Å²) < 4.78 is 3.31. The minimum absolute atomic E-state index is 0.0534. The van der Waals surface area contributed by atoms with Gasteiger partial charge in [-0.3, -0.25) is 20.2 Å². The fourth-order valence-corrected chi connectivity index (χ4v) is 3.29. The molecule has 3 aromatic rings. The molecule has 1 atom stereocenters. The highest BCUT2D eigenvalue weighted by Gasteiger charge is 2.30. The molecule has 29 heavy (non-hydrogen) atoms. The average molecular weight is 396 g/mol. The third-order valence-corrected chi connectivity index (χ3v) is 4.63. The van der Waals surface area contributed by atoms with Crippen LogP contribution in [0.1, 0.15) is 18.2 Å². The number of amides is 4. The number of fused-ring (bicyclic) bond motifs is 1. The number of nitrogens with one attached hydrogen (secondary N) is 3. The molecular weight excluding hydrogens is 376 g/mol. The molecule has 11 nitrogen and oxygen atoms in total. The van der Waals surface area contributed by atoms with Gasteiger partial charge in [0.15, 0.2) is 0 Å². The van der Waals surface area contributed by atoms with Gasteiger partial charge in [0.05, 0.1) is 16.7 Å². The summed E-state index contributed by atoms with van der Waals surface area (Å²) in [7, 11) is 0. The van der Waals surface area contributed by atoms with Crippen molar-refractivity contribution in [2.45, 2.75) is 39.4 Å². The van der Waals surface area contributed by atoms with Crippen molar-refractivity contribution in [2.75, 3.05) is 5.32 Å². The van der Waals surface area contributed by atoms with Crippen LogP contribution in [-0.2, 0) is 29.1 Å². The number of carbonyl (C=O) groups excluding carboxylic acids is 3. The van der Waals surface area contributed by atoms with Gasteiger partial charge in [0.1, 0.15) is 12.6 Å². The molecule has 0 spiro atoms. The molecular formula is C18H20N8O3. The Kier molecular flexibility index (Phi) is 4.71. The van der Waals surface area contributed by atoms with E-state index in [1.54, 1.807) is 6.20 Å². The Labute approximate surface area is 165 Å². The maximum atomic E-state index is 12.5. The van der Waals surface area contributed by atoms with Gasteiger partial charge in [-0.25, -0.2) is 14.5 Å². The number of urea groups is 1. The Morgan fingerprint density at radius 2 is 2.14 bits per heavy atom. The Morgan fingerprint density at radius 3 is 2.86 bits per heavy atom. The van der Waals surface area contributed by atoms with Crippen molar-refractivity contribution >= 4 is 34.8 Å². The zero-order chi connectivity index (χ0) is 20.5. The molecule has 0 saturated carbocycles. The lowest BCUT2D eigenvalue weighted by molar-refractivity contribution is -0.120. The summed E-state index contributed by atoms with van der Waals surface area (Å²) in [5.41, 5.74) is 3.37. The van der Waals surface area contributed by atoms with Gasteiger partial charge in [-0.15, -0.1) is 5.10 Å². The molecule has 3 N–H and O–H groups in total. The van der Waals surface area contributed by atoms with Crippen molar-refractivity contribution in [3.8, 4) is 0 Å². The number of aryl methyl sites for hydroxylation is 2. The number of aromatic nitrogens is 5. The zero-order valence-electron chi connectivity index (χ0n) is 16.0. The number of nitrogens with zero attached hydrogens (tertiary/aromatic N) is 5. The van der Waals surface area contributed by atoms with Crippen molar-refractivity contribution in [3.05, 3.63) is 35.7 Å². The SMILES string of the molecule is CCn1c(NC(=O)Cn2cc(C[C@@H]3NC(=O)NC3=O)nn2)nc2cc(C)ccc21. The molecule has 1 aliphatic rings. The lowest BCUT2D eigenvalue weighted by Crippen LogP contribution is -2.31. The van der Waals surface area contributed by atoms with Gasteiger partial charge in [0.25, 0.3) is 5.91 Å². The maximum absolute atomic E-state index is 12.5. The summed E-state index contributed by atoms with van der Waals surface area (Å²) >= 11 is 0. The first-order valence-corrected chi connectivity index (χ1v) is 9.20. The van der Waals surface area contributed by atoms with Crippen molar-refractivity contribution in [1.82, 2.24) is 35.2 Å². The predicted octanol–water partition coefficient (Wildman–Crippen LogP) is 0.345. The second-order valence-corrected chi connectivity index (χ2v) is 6.85. The molecule has 0 bridgehead atoms. The van der Waals surface area contributed by atoms with E-state index in [4.69, 9.17) is 0 Å². The Balaban J connectivity index is 1.43. The first-order chi connectivity index (χ1) is 13.9. The van der Waals surface area contributed by atoms with Crippen LogP contribution in [0.5, 0.6) is 0 Å². The highest BCUT2D eigenvalue weighted by atomic mass is 16.2. The van der Waals surface area contributed by atoms with E-state index in [2.05, 4.69) is 31.2 Å². The lowest BCUT2D eigenvalue weighted by atomic mass is 10.2. The van der Waals surface area contributed by atoms with Gasteiger partial charge < -0.3 is 9.88 Å². The van der Waals surface area contributed by atoms with E-state index < -0.39 is 18.0 Å². The summed E-state index contributed by atoms with van der Waals surface area (Å²) in [6.45, 7) is 4.59. The quantitative estimate of drug-likeness (QED) is 0.514. The van der Waals surface area contributed by atoms with Crippen LogP contribution in [0.3, 0.4) is 0 Å². The van der Waals surface area contributed by atoms with Crippen LogP contribution in [0, 0.1) is 6.92 Å². The van der Waals surface area contributed by atoms with Crippen LogP contribution in [-0.4, -0.2) is 48.4 Å². The van der Waals surface area contributed by atoms with Crippen LogP contribution in [0.15, 0.2) is 24.4 Å². The highest BCUT2D eigenvalue weighted by molar-refractivity contribution is 6.04. The topological polar surface area (TPSA) is 136 Å². The minimum atomic E-state index is -0.686. The molecule has 1 fully saturated rings. The van der Waals surface area contributed by atoms with Crippen molar-refractivity contribution in [1.29, 1.82) is 0 Å². The van der Waals surface area contributed by atoms with Crippen LogP contribution < -0.4 is 16.0 Å². The number of anilines is 1. The predicted molar refractivity (Wildman–Crippen MR) is 103 cm³/mol. The fraction of sp³-hybridized carbons (Fsp3) is 0.333. The minimum Gasteiger partial charge on any atom is -0.326 e. The van der Waals surface area contributed by atoms with Gasteiger partial charge in [0.2, 0.25) is 11.9 Å². The third kappa shape index (κ3) is 3.79. The molecule has 4 rings (SSSR count). The largest absolute Gasteiger partial charge is 0.326 e. The van der Waals surface area contributed by atoms with E-state index in [9.17, 15) is 14.4 Å². The summed E-state index contributed by atoms with van der Waals surface area (Å²) in [4.78, 5) is 39.8. The van der Waals surface area contributed by atoms with Crippen molar-refractivity contribution in [2.24, 2.45) is 0 Å². The Hall–Kier alpha value is -3.76. The molecule has 150 valence electrons. The third-order valence-electron chi connectivity index (χ3n) is 4.63. The van der Waals surface area contributed by atoms with Gasteiger partial charge in [-0.05, 0) is 31.5 Å². The molecule has 2 aromatic heterocycles. The highest BCUT2D eigenvalue weighted by Crippen LogP contribution is 2.21. The van der Waals surface area contributed by atoms with Gasteiger partial charge in [-0.1, -0.05) is 11.3 Å². The van der Waals surface area contributed by atoms with E-state index in [0.29, 0.717) is 18.2 Å². The van der Waals surface area contributed by atoms with Gasteiger partial charge in [0, 0.05) is 19.2 Å². The number of rotatable bonds is 6. The number of imide groups is 1. The lowest BCUT2D eigenvalue weighted by Gasteiger charge is -2.07. The monoisotopic (exact) mass is 396 g/mol. The van der Waals surface area contributed by atoms with E-state index in [1.165, 1.54) is 4.68 Å². The average Bonchev–Trinajstić information content (AvgIpc) is 3.32. The summed E-state index contributed by atoms with van der Waals surface area (Å²) in [5.74, 6) is -0.227. The summed E-state index contributed by atoms with van der Waals surface area (Å²) in [6.07, 6.45) is 1.77. The van der Waals surface area contributed by atoms with Crippen LogP contribution in [0.2, 0.25) is 0 Å². The smallest absolute Gasteiger partial charge is 0.322 e. The van der Waals surface area contributed by atoms with Gasteiger partial charge in [-0.2, -0.15) is 0 Å². The first-order valence-electron chi connectivity index (χ1n) is 9.20. The molecule has 3 heterocycles. The van der Waals surface area contributed by atoms with Crippen LogP contribution >= 0.6 is 0 Å². The Morgan fingerprint density at radius 1 is 1.31 bits per heavy atom. The van der Waals surface area contributed by atoms with E-state index in [1.807, 2.05) is 36.6 Å². The molecule has 1 aliphatic heterocycles. The molecule has 11 heteroatoms. The zero-order valence-corrected chi connectivity index (χ0v) is 16.0. The summed E-state index contributed by atoms with van der Waals surface area (Å²) in [6, 6.07) is 4.75. The van der Waals surface area contributed by atoms with E-state index in [0.717, 1.165) is 16.6 Å². The van der Waals surface area contributed by atoms with E-state index >= 15 is 0 Å². The number of hydrogen-bond donors (Lipinski definition) is 3. The molecule has 1 aromatic carbocycles. The molecule has 1 saturated heterocycles. The van der Waals surface area contributed by atoms with Gasteiger partial charge >= 0.3 is 6.03 Å². The second kappa shape index (κ2) is 7.34. The number of imidazole rings is 1. The standard InChI is InChI=1S/C18H20N8O3/c1-3-26-14-5-4-10(2)6-12(14)19-17(26)21-15(27)9-25-8-11(23-24-25)7-13-16(28)22-18(29)20-13/h4-6,8,13H,3,7,9H2,1-2H3,(H,19,21,27)(H2,20,22,28,29)/t13-/m0/s1. The van der Waals surface area contributed by atoms with Crippen LogP contribution in [0.4, 0.5) is 10.7 Å². The van der Waals surface area contributed by atoms with Crippen molar-refractivity contribution in [3.63, 3.8) is 0 Å².